The number of carbonyl (C=O) groups is 1. The lowest BCUT2D eigenvalue weighted by atomic mass is 10.00. The van der Waals surface area contributed by atoms with Gasteiger partial charge >= 0.3 is 0 Å². The molecule has 2 rings (SSSR count). The molecule has 0 aromatic heterocycles. The summed E-state index contributed by atoms with van der Waals surface area (Å²) in [6, 6.07) is 3.95. The van der Waals surface area contributed by atoms with Gasteiger partial charge in [-0.1, -0.05) is 6.07 Å². The van der Waals surface area contributed by atoms with Crippen LogP contribution in [0.4, 0.5) is 8.78 Å². The first-order valence-electron chi connectivity index (χ1n) is 6.06. The molecule has 0 saturated carbocycles. The van der Waals surface area contributed by atoms with Crippen molar-refractivity contribution < 1.29 is 13.6 Å². The van der Waals surface area contributed by atoms with Crippen molar-refractivity contribution in [2.45, 2.75) is 31.8 Å². The standard InChI is InChI=1S/C13H16F2N2O.ClH/c1-8-7-9(5-6-16-8)17-13(18)10-3-2-4-11(14)12(10)15;/h2-4,8-9,16H,5-7H2,1H3,(H,17,18);1H. The summed E-state index contributed by atoms with van der Waals surface area (Å²) < 4.78 is 26.4. The Hall–Kier alpha value is -1.20. The van der Waals surface area contributed by atoms with E-state index in [1.807, 2.05) is 6.92 Å². The Bertz CT molecular complexity index is 456. The van der Waals surface area contributed by atoms with Gasteiger partial charge in [0.2, 0.25) is 0 Å². The summed E-state index contributed by atoms with van der Waals surface area (Å²) in [7, 11) is 0. The number of piperidine rings is 1. The Kier molecular flexibility index (Phi) is 5.69. The van der Waals surface area contributed by atoms with E-state index in [-0.39, 0.29) is 24.0 Å². The van der Waals surface area contributed by atoms with E-state index < -0.39 is 17.5 Å². The third kappa shape index (κ3) is 3.88. The van der Waals surface area contributed by atoms with E-state index in [4.69, 9.17) is 0 Å². The summed E-state index contributed by atoms with van der Waals surface area (Å²) >= 11 is 0. The molecule has 2 atom stereocenters. The van der Waals surface area contributed by atoms with Gasteiger partial charge in [0.1, 0.15) is 0 Å². The average molecular weight is 291 g/mol. The number of benzene rings is 1. The molecule has 1 fully saturated rings. The number of amides is 1. The third-order valence-electron chi connectivity index (χ3n) is 3.16. The van der Waals surface area contributed by atoms with E-state index in [1.54, 1.807) is 0 Å². The molecular formula is C13H17ClF2N2O. The Morgan fingerprint density at radius 3 is 2.84 bits per heavy atom. The zero-order chi connectivity index (χ0) is 13.1. The molecule has 0 aliphatic carbocycles. The third-order valence-corrected chi connectivity index (χ3v) is 3.16. The molecule has 1 aliphatic heterocycles. The van der Waals surface area contributed by atoms with E-state index in [1.165, 1.54) is 12.1 Å². The minimum Gasteiger partial charge on any atom is -0.349 e. The van der Waals surface area contributed by atoms with Crippen molar-refractivity contribution in [3.8, 4) is 0 Å². The maximum Gasteiger partial charge on any atom is 0.254 e. The summed E-state index contributed by atoms with van der Waals surface area (Å²) in [5, 5.41) is 6.01. The summed E-state index contributed by atoms with van der Waals surface area (Å²) in [4.78, 5) is 11.9. The monoisotopic (exact) mass is 290 g/mol. The molecule has 1 saturated heterocycles. The molecule has 106 valence electrons. The molecule has 0 radical (unpaired) electrons. The van der Waals surface area contributed by atoms with Crippen LogP contribution in [0.1, 0.15) is 30.1 Å². The summed E-state index contributed by atoms with van der Waals surface area (Å²) in [6.45, 7) is 2.85. The largest absolute Gasteiger partial charge is 0.349 e. The minimum absolute atomic E-state index is 0. The van der Waals surface area contributed by atoms with Crippen LogP contribution in [0.15, 0.2) is 18.2 Å². The van der Waals surface area contributed by atoms with Crippen LogP contribution in [-0.2, 0) is 0 Å². The number of nitrogens with one attached hydrogen (secondary N) is 2. The molecule has 1 aromatic rings. The fraction of sp³-hybridized carbons (Fsp3) is 0.462. The molecule has 2 unspecified atom stereocenters. The molecule has 2 N–H and O–H groups in total. The van der Waals surface area contributed by atoms with Gasteiger partial charge in [0.05, 0.1) is 5.56 Å². The van der Waals surface area contributed by atoms with Gasteiger partial charge in [-0.3, -0.25) is 4.79 Å². The predicted octanol–water partition coefficient (Wildman–Crippen LogP) is 2.26. The molecule has 6 heteroatoms. The first kappa shape index (κ1) is 15.9. The van der Waals surface area contributed by atoms with E-state index in [0.29, 0.717) is 6.04 Å². The Labute approximate surface area is 117 Å². The highest BCUT2D eigenvalue weighted by Crippen LogP contribution is 2.13. The van der Waals surface area contributed by atoms with Crippen molar-refractivity contribution in [3.63, 3.8) is 0 Å². The predicted molar refractivity (Wildman–Crippen MR) is 71.6 cm³/mol. The smallest absolute Gasteiger partial charge is 0.254 e. The quantitative estimate of drug-likeness (QED) is 0.877. The van der Waals surface area contributed by atoms with Gasteiger partial charge in [-0.15, -0.1) is 12.4 Å². The molecule has 3 nitrogen and oxygen atoms in total. The molecule has 1 heterocycles. The highest BCUT2D eigenvalue weighted by atomic mass is 35.5. The van der Waals surface area contributed by atoms with Gasteiger partial charge < -0.3 is 10.6 Å². The fourth-order valence-electron chi connectivity index (χ4n) is 2.21. The van der Waals surface area contributed by atoms with Gasteiger partial charge in [-0.25, -0.2) is 8.78 Å². The fourth-order valence-corrected chi connectivity index (χ4v) is 2.21. The second kappa shape index (κ2) is 6.82. The zero-order valence-electron chi connectivity index (χ0n) is 10.6. The van der Waals surface area contributed by atoms with Crippen molar-refractivity contribution in [2.75, 3.05) is 6.54 Å². The van der Waals surface area contributed by atoms with Crippen LogP contribution in [0.25, 0.3) is 0 Å². The van der Waals surface area contributed by atoms with Crippen LogP contribution in [0, 0.1) is 11.6 Å². The first-order valence-corrected chi connectivity index (χ1v) is 6.06. The topological polar surface area (TPSA) is 41.1 Å². The molecule has 1 amide bonds. The van der Waals surface area contributed by atoms with Crippen molar-refractivity contribution >= 4 is 18.3 Å². The van der Waals surface area contributed by atoms with Crippen LogP contribution < -0.4 is 10.6 Å². The molecule has 1 aliphatic rings. The highest BCUT2D eigenvalue weighted by molar-refractivity contribution is 5.94. The maximum absolute atomic E-state index is 13.4. The summed E-state index contributed by atoms with van der Waals surface area (Å²) in [6.07, 6.45) is 1.59. The number of rotatable bonds is 2. The number of halogens is 3. The van der Waals surface area contributed by atoms with Crippen LogP contribution in [0.5, 0.6) is 0 Å². The minimum atomic E-state index is -1.09. The van der Waals surface area contributed by atoms with Crippen LogP contribution in [0.3, 0.4) is 0 Å². The second-order valence-corrected chi connectivity index (χ2v) is 4.65. The Morgan fingerprint density at radius 1 is 1.42 bits per heavy atom. The molecular weight excluding hydrogens is 274 g/mol. The van der Waals surface area contributed by atoms with Crippen LogP contribution in [-0.4, -0.2) is 24.5 Å². The van der Waals surface area contributed by atoms with E-state index in [2.05, 4.69) is 10.6 Å². The van der Waals surface area contributed by atoms with Crippen molar-refractivity contribution in [1.29, 1.82) is 0 Å². The number of hydrogen-bond acceptors (Lipinski definition) is 2. The van der Waals surface area contributed by atoms with Crippen molar-refractivity contribution in [2.24, 2.45) is 0 Å². The SMILES string of the molecule is CC1CC(NC(=O)c2cccc(F)c2F)CCN1.Cl. The van der Waals surface area contributed by atoms with Gasteiger partial charge in [0.15, 0.2) is 11.6 Å². The maximum atomic E-state index is 13.4. The number of carbonyl (C=O) groups excluding carboxylic acids is 1. The van der Waals surface area contributed by atoms with E-state index in [0.717, 1.165) is 25.5 Å². The number of hydrogen-bond donors (Lipinski definition) is 2. The van der Waals surface area contributed by atoms with Gasteiger partial charge in [0.25, 0.3) is 5.91 Å². The second-order valence-electron chi connectivity index (χ2n) is 4.65. The lowest BCUT2D eigenvalue weighted by molar-refractivity contribution is 0.0920. The summed E-state index contributed by atoms with van der Waals surface area (Å²) in [5.74, 6) is -2.63. The zero-order valence-corrected chi connectivity index (χ0v) is 11.4. The first-order chi connectivity index (χ1) is 8.58. The Balaban J connectivity index is 0.00000180. The molecule has 0 bridgehead atoms. The van der Waals surface area contributed by atoms with Crippen LogP contribution >= 0.6 is 12.4 Å². The average Bonchev–Trinajstić information content (AvgIpc) is 2.32. The molecule has 1 aromatic carbocycles. The van der Waals surface area contributed by atoms with Crippen molar-refractivity contribution in [1.82, 2.24) is 10.6 Å². The lowest BCUT2D eigenvalue weighted by Crippen LogP contribution is -2.46. The normalized spacial score (nSPS) is 22.5. The van der Waals surface area contributed by atoms with Crippen molar-refractivity contribution in [3.05, 3.63) is 35.4 Å². The molecule has 19 heavy (non-hydrogen) atoms. The van der Waals surface area contributed by atoms with Gasteiger partial charge in [-0.2, -0.15) is 0 Å². The highest BCUT2D eigenvalue weighted by Gasteiger charge is 2.22. The Morgan fingerprint density at radius 2 is 2.16 bits per heavy atom. The molecule has 0 spiro atoms. The lowest BCUT2D eigenvalue weighted by Gasteiger charge is -2.28. The van der Waals surface area contributed by atoms with E-state index in [9.17, 15) is 13.6 Å². The summed E-state index contributed by atoms with van der Waals surface area (Å²) in [5.41, 5.74) is -0.235. The van der Waals surface area contributed by atoms with Gasteiger partial charge in [0, 0.05) is 12.1 Å². The van der Waals surface area contributed by atoms with Gasteiger partial charge in [-0.05, 0) is 38.4 Å². The van der Waals surface area contributed by atoms with E-state index >= 15 is 0 Å². The van der Waals surface area contributed by atoms with Crippen LogP contribution in [0.2, 0.25) is 0 Å².